The lowest BCUT2D eigenvalue weighted by Gasteiger charge is -2.28. The molecule has 0 saturated heterocycles. The van der Waals surface area contributed by atoms with Crippen LogP contribution in [0.4, 0.5) is 4.39 Å². The molecule has 0 bridgehead atoms. The number of halogens is 2. The number of carbonyl (C=O) groups excluding carboxylic acids is 1. The van der Waals surface area contributed by atoms with E-state index in [2.05, 4.69) is 21.2 Å². The largest absolute Gasteiger partial charge is 0.391 e. The summed E-state index contributed by atoms with van der Waals surface area (Å²) in [6.07, 6.45) is 2.84. The molecule has 98 valence electrons. The summed E-state index contributed by atoms with van der Waals surface area (Å²) in [7, 11) is 0. The minimum absolute atomic E-state index is 0.00199. The maximum absolute atomic E-state index is 13.5. The lowest BCUT2D eigenvalue weighted by Crippen LogP contribution is -2.45. The van der Waals surface area contributed by atoms with Gasteiger partial charge in [0.05, 0.1) is 17.7 Å². The van der Waals surface area contributed by atoms with E-state index in [0.717, 1.165) is 19.3 Å². The number of amides is 1. The van der Waals surface area contributed by atoms with Gasteiger partial charge in [0.15, 0.2) is 0 Å². The maximum atomic E-state index is 13.5. The van der Waals surface area contributed by atoms with Gasteiger partial charge in [-0.05, 0) is 31.0 Å². The molecule has 5 heteroatoms. The number of carbonyl (C=O) groups is 1. The van der Waals surface area contributed by atoms with E-state index in [1.54, 1.807) is 6.07 Å². The summed E-state index contributed by atoms with van der Waals surface area (Å²) >= 11 is 3.21. The highest BCUT2D eigenvalue weighted by atomic mass is 79.9. The minimum atomic E-state index is -0.555. The van der Waals surface area contributed by atoms with Crippen LogP contribution in [0.1, 0.15) is 36.0 Å². The molecule has 18 heavy (non-hydrogen) atoms. The summed E-state index contributed by atoms with van der Waals surface area (Å²) in [5.74, 6) is -1.03. The average molecular weight is 316 g/mol. The molecule has 2 N–H and O–H groups in total. The standard InChI is InChI=1S/C13H15BrFNO2/c14-8-5-6-10(15)9(7-8)13(18)16-11-3-1-2-4-12(11)17/h5-7,11-12,17H,1-4H2,(H,16,18)/t11-,12-/m1/s1. The van der Waals surface area contributed by atoms with Gasteiger partial charge in [0.2, 0.25) is 0 Å². The molecule has 1 fully saturated rings. The number of aliphatic hydroxyl groups excluding tert-OH is 1. The number of benzene rings is 1. The molecule has 0 aromatic heterocycles. The van der Waals surface area contributed by atoms with Gasteiger partial charge in [-0.2, -0.15) is 0 Å². The third kappa shape index (κ3) is 3.09. The van der Waals surface area contributed by atoms with Crippen LogP contribution in [0.15, 0.2) is 22.7 Å². The van der Waals surface area contributed by atoms with E-state index in [1.807, 2.05) is 0 Å². The van der Waals surface area contributed by atoms with Crippen molar-refractivity contribution >= 4 is 21.8 Å². The highest BCUT2D eigenvalue weighted by Gasteiger charge is 2.25. The summed E-state index contributed by atoms with van der Waals surface area (Å²) < 4.78 is 14.2. The molecule has 0 heterocycles. The Labute approximate surface area is 114 Å². The first-order valence-corrected chi connectivity index (χ1v) is 6.81. The predicted octanol–water partition coefficient (Wildman–Crippen LogP) is 2.62. The Kier molecular flexibility index (Phi) is 4.35. The van der Waals surface area contributed by atoms with Crippen LogP contribution in [0.3, 0.4) is 0 Å². The molecule has 1 aliphatic rings. The van der Waals surface area contributed by atoms with Crippen molar-refractivity contribution in [2.45, 2.75) is 37.8 Å². The summed E-state index contributed by atoms with van der Waals surface area (Å²) in [6.45, 7) is 0. The van der Waals surface area contributed by atoms with Gasteiger partial charge in [0, 0.05) is 4.47 Å². The van der Waals surface area contributed by atoms with E-state index < -0.39 is 17.8 Å². The first-order chi connectivity index (χ1) is 8.58. The topological polar surface area (TPSA) is 49.3 Å². The number of aliphatic hydroxyl groups is 1. The highest BCUT2D eigenvalue weighted by molar-refractivity contribution is 9.10. The molecular formula is C13H15BrFNO2. The molecule has 1 saturated carbocycles. The van der Waals surface area contributed by atoms with Crippen LogP contribution >= 0.6 is 15.9 Å². The van der Waals surface area contributed by atoms with Crippen molar-refractivity contribution in [3.8, 4) is 0 Å². The van der Waals surface area contributed by atoms with Crippen molar-refractivity contribution < 1.29 is 14.3 Å². The average Bonchev–Trinajstić information content (AvgIpc) is 2.35. The van der Waals surface area contributed by atoms with Gasteiger partial charge in [-0.15, -0.1) is 0 Å². The van der Waals surface area contributed by atoms with Gasteiger partial charge in [0.1, 0.15) is 5.82 Å². The summed E-state index contributed by atoms with van der Waals surface area (Å²) in [5, 5.41) is 12.5. The highest BCUT2D eigenvalue weighted by Crippen LogP contribution is 2.20. The van der Waals surface area contributed by atoms with Crippen LogP contribution in [0.2, 0.25) is 0 Å². The van der Waals surface area contributed by atoms with Crippen molar-refractivity contribution in [1.29, 1.82) is 0 Å². The second-order valence-electron chi connectivity index (χ2n) is 4.56. The molecule has 1 aliphatic carbocycles. The molecule has 1 aromatic carbocycles. The van der Waals surface area contributed by atoms with E-state index in [-0.39, 0.29) is 11.6 Å². The van der Waals surface area contributed by atoms with E-state index >= 15 is 0 Å². The summed E-state index contributed by atoms with van der Waals surface area (Å²) in [6, 6.07) is 3.96. The van der Waals surface area contributed by atoms with Crippen molar-refractivity contribution in [2.75, 3.05) is 0 Å². The first-order valence-electron chi connectivity index (χ1n) is 6.02. The number of rotatable bonds is 2. The molecule has 0 spiro atoms. The van der Waals surface area contributed by atoms with Crippen molar-refractivity contribution in [3.05, 3.63) is 34.1 Å². The van der Waals surface area contributed by atoms with E-state index in [1.165, 1.54) is 12.1 Å². The zero-order valence-electron chi connectivity index (χ0n) is 9.83. The smallest absolute Gasteiger partial charge is 0.254 e. The summed E-state index contributed by atoms with van der Waals surface area (Å²) in [5.41, 5.74) is 0.00199. The predicted molar refractivity (Wildman–Crippen MR) is 69.8 cm³/mol. The van der Waals surface area contributed by atoms with Crippen molar-refractivity contribution in [1.82, 2.24) is 5.32 Å². The molecule has 2 rings (SSSR count). The van der Waals surface area contributed by atoms with Crippen molar-refractivity contribution in [3.63, 3.8) is 0 Å². The van der Waals surface area contributed by atoms with Crippen LogP contribution in [0.5, 0.6) is 0 Å². The first kappa shape index (κ1) is 13.5. The number of hydrogen-bond donors (Lipinski definition) is 2. The number of hydrogen-bond acceptors (Lipinski definition) is 2. The molecule has 3 nitrogen and oxygen atoms in total. The fourth-order valence-corrected chi connectivity index (χ4v) is 2.56. The molecule has 0 radical (unpaired) electrons. The van der Waals surface area contributed by atoms with Gasteiger partial charge in [-0.25, -0.2) is 4.39 Å². The third-order valence-corrected chi connectivity index (χ3v) is 3.71. The van der Waals surface area contributed by atoms with E-state index in [9.17, 15) is 14.3 Å². The molecule has 0 aliphatic heterocycles. The minimum Gasteiger partial charge on any atom is -0.391 e. The van der Waals surface area contributed by atoms with Crippen molar-refractivity contribution in [2.24, 2.45) is 0 Å². The molecule has 0 unspecified atom stereocenters. The van der Waals surface area contributed by atoms with Gasteiger partial charge in [-0.3, -0.25) is 4.79 Å². The van der Waals surface area contributed by atoms with Gasteiger partial charge in [0.25, 0.3) is 5.91 Å². The van der Waals surface area contributed by atoms with E-state index in [4.69, 9.17) is 0 Å². The fourth-order valence-electron chi connectivity index (χ4n) is 2.20. The Bertz CT molecular complexity index is 453. The van der Waals surface area contributed by atoms with Crippen LogP contribution in [0.25, 0.3) is 0 Å². The molecule has 2 atom stereocenters. The third-order valence-electron chi connectivity index (χ3n) is 3.22. The monoisotopic (exact) mass is 315 g/mol. The van der Waals surface area contributed by atoms with Crippen LogP contribution < -0.4 is 5.32 Å². The summed E-state index contributed by atoms with van der Waals surface area (Å²) in [4.78, 5) is 11.9. The Morgan fingerprint density at radius 3 is 2.83 bits per heavy atom. The quantitative estimate of drug-likeness (QED) is 0.881. The second-order valence-corrected chi connectivity index (χ2v) is 5.47. The van der Waals surface area contributed by atoms with Crippen LogP contribution in [-0.2, 0) is 0 Å². The molecule has 1 amide bonds. The Morgan fingerprint density at radius 1 is 1.39 bits per heavy atom. The zero-order chi connectivity index (χ0) is 13.1. The Balaban J connectivity index is 2.09. The van der Waals surface area contributed by atoms with Crippen LogP contribution in [0, 0.1) is 5.82 Å². The van der Waals surface area contributed by atoms with E-state index in [0.29, 0.717) is 10.9 Å². The zero-order valence-corrected chi connectivity index (χ0v) is 11.4. The lowest BCUT2D eigenvalue weighted by molar-refractivity contribution is 0.0714. The second kappa shape index (κ2) is 5.80. The Morgan fingerprint density at radius 2 is 2.11 bits per heavy atom. The molecular weight excluding hydrogens is 301 g/mol. The maximum Gasteiger partial charge on any atom is 0.254 e. The lowest BCUT2D eigenvalue weighted by atomic mass is 9.92. The van der Waals surface area contributed by atoms with Gasteiger partial charge in [-0.1, -0.05) is 28.8 Å². The van der Waals surface area contributed by atoms with Gasteiger partial charge < -0.3 is 10.4 Å². The van der Waals surface area contributed by atoms with Gasteiger partial charge >= 0.3 is 0 Å². The van der Waals surface area contributed by atoms with Crippen LogP contribution in [-0.4, -0.2) is 23.2 Å². The number of nitrogens with one attached hydrogen (secondary N) is 1. The normalized spacial score (nSPS) is 23.7. The fraction of sp³-hybridized carbons (Fsp3) is 0.462. The SMILES string of the molecule is O=C(N[C@@H]1CCCC[C@H]1O)c1cc(Br)ccc1F. The molecule has 1 aromatic rings. The Hall–Kier alpha value is -0.940.